The van der Waals surface area contributed by atoms with E-state index in [-0.39, 0.29) is 30.0 Å². The maximum absolute atomic E-state index is 5.14. The summed E-state index contributed by atoms with van der Waals surface area (Å²) in [4.78, 5) is 4.26. The Balaban J connectivity index is 0.00000312. The number of rotatable bonds is 6. The highest BCUT2D eigenvalue weighted by atomic mass is 127. The van der Waals surface area contributed by atoms with Gasteiger partial charge in [0.15, 0.2) is 5.96 Å². The van der Waals surface area contributed by atoms with Crippen LogP contribution < -0.4 is 10.6 Å². The van der Waals surface area contributed by atoms with E-state index in [9.17, 15) is 0 Å². The number of aromatic nitrogens is 2. The number of methoxy groups -OCH3 is 1. The van der Waals surface area contributed by atoms with E-state index in [1.165, 1.54) is 5.56 Å². The lowest BCUT2D eigenvalue weighted by Crippen LogP contribution is -2.43. The molecule has 2 aromatic rings. The van der Waals surface area contributed by atoms with Crippen LogP contribution in [0.2, 0.25) is 0 Å². The Kier molecular flexibility index (Phi) is 8.91. The first-order valence-corrected chi connectivity index (χ1v) is 8.13. The predicted octanol–water partition coefficient (Wildman–Crippen LogP) is 2.81. The molecule has 1 aromatic carbocycles. The van der Waals surface area contributed by atoms with Gasteiger partial charge in [0.2, 0.25) is 0 Å². The zero-order valence-electron chi connectivity index (χ0n) is 15.5. The number of aliphatic imine (C=N–C) groups is 1. The van der Waals surface area contributed by atoms with Gasteiger partial charge in [0.05, 0.1) is 18.0 Å². The summed E-state index contributed by atoms with van der Waals surface area (Å²) >= 11 is 0. The van der Waals surface area contributed by atoms with Crippen molar-refractivity contribution >= 4 is 29.9 Å². The molecule has 6 nitrogen and oxygen atoms in total. The molecule has 25 heavy (non-hydrogen) atoms. The molecule has 0 spiro atoms. The summed E-state index contributed by atoms with van der Waals surface area (Å²) in [5.74, 6) is 0.755. The van der Waals surface area contributed by atoms with Crippen molar-refractivity contribution in [2.45, 2.75) is 33.4 Å². The van der Waals surface area contributed by atoms with Crippen molar-refractivity contribution in [2.24, 2.45) is 4.99 Å². The van der Waals surface area contributed by atoms with Crippen LogP contribution in [0.15, 0.2) is 35.3 Å². The smallest absolute Gasteiger partial charge is 0.191 e. The molecule has 7 heteroatoms. The molecule has 0 radical (unpaired) electrons. The fourth-order valence-corrected chi connectivity index (χ4v) is 2.64. The molecule has 1 atom stereocenters. The first-order chi connectivity index (χ1) is 11.6. The molecule has 1 unspecified atom stereocenters. The van der Waals surface area contributed by atoms with Crippen LogP contribution in [-0.2, 0) is 11.3 Å². The third kappa shape index (κ3) is 5.71. The molecule has 0 aliphatic rings. The quantitative estimate of drug-likeness (QED) is 0.398. The van der Waals surface area contributed by atoms with Crippen molar-refractivity contribution in [3.63, 3.8) is 0 Å². The van der Waals surface area contributed by atoms with Gasteiger partial charge in [0, 0.05) is 38.0 Å². The molecule has 138 valence electrons. The maximum atomic E-state index is 5.14. The number of guanidine groups is 1. The zero-order valence-corrected chi connectivity index (χ0v) is 17.9. The van der Waals surface area contributed by atoms with Gasteiger partial charge in [-0.15, -0.1) is 24.0 Å². The predicted molar refractivity (Wildman–Crippen MR) is 113 cm³/mol. The van der Waals surface area contributed by atoms with E-state index in [0.717, 1.165) is 23.0 Å². The molecule has 0 aliphatic heterocycles. The lowest BCUT2D eigenvalue weighted by molar-refractivity contribution is 0.179. The van der Waals surface area contributed by atoms with E-state index < -0.39 is 0 Å². The van der Waals surface area contributed by atoms with Gasteiger partial charge in [0.1, 0.15) is 0 Å². The molecule has 0 saturated carbocycles. The molecule has 0 aliphatic carbocycles. The van der Waals surface area contributed by atoms with Crippen LogP contribution in [0.5, 0.6) is 0 Å². The van der Waals surface area contributed by atoms with Crippen LogP contribution in [0.4, 0.5) is 0 Å². The monoisotopic (exact) mass is 457 g/mol. The molecule has 2 rings (SSSR count). The van der Waals surface area contributed by atoms with Gasteiger partial charge >= 0.3 is 0 Å². The van der Waals surface area contributed by atoms with E-state index >= 15 is 0 Å². The Hall–Kier alpha value is -1.61. The van der Waals surface area contributed by atoms with Crippen molar-refractivity contribution in [3.05, 3.63) is 47.3 Å². The topological polar surface area (TPSA) is 63.5 Å². The Morgan fingerprint density at radius 2 is 1.96 bits per heavy atom. The maximum Gasteiger partial charge on any atom is 0.191 e. The normalized spacial score (nSPS) is 12.4. The highest BCUT2D eigenvalue weighted by Gasteiger charge is 2.13. The minimum Gasteiger partial charge on any atom is -0.383 e. The van der Waals surface area contributed by atoms with Crippen LogP contribution in [0, 0.1) is 13.8 Å². The number of nitrogens with zero attached hydrogens (tertiary/aromatic N) is 3. The van der Waals surface area contributed by atoms with Gasteiger partial charge in [-0.1, -0.05) is 18.2 Å². The first-order valence-electron chi connectivity index (χ1n) is 8.13. The average Bonchev–Trinajstić information content (AvgIpc) is 2.87. The third-order valence-electron chi connectivity index (χ3n) is 3.90. The van der Waals surface area contributed by atoms with Crippen LogP contribution in [0.3, 0.4) is 0 Å². The number of benzene rings is 1. The Morgan fingerprint density at radius 3 is 2.56 bits per heavy atom. The number of hydrogen-bond donors (Lipinski definition) is 2. The van der Waals surface area contributed by atoms with Crippen LogP contribution in [0.25, 0.3) is 5.69 Å². The van der Waals surface area contributed by atoms with E-state index in [1.807, 2.05) is 29.8 Å². The van der Waals surface area contributed by atoms with Crippen LogP contribution >= 0.6 is 24.0 Å². The average molecular weight is 457 g/mol. The fraction of sp³-hybridized carbons (Fsp3) is 0.444. The number of halogens is 1. The van der Waals surface area contributed by atoms with Crippen molar-refractivity contribution in [2.75, 3.05) is 20.8 Å². The summed E-state index contributed by atoms with van der Waals surface area (Å²) in [7, 11) is 3.46. The third-order valence-corrected chi connectivity index (χ3v) is 3.90. The Morgan fingerprint density at radius 1 is 1.28 bits per heavy atom. The molecule has 0 amide bonds. The second-order valence-electron chi connectivity index (χ2n) is 5.82. The van der Waals surface area contributed by atoms with Crippen molar-refractivity contribution < 1.29 is 4.74 Å². The van der Waals surface area contributed by atoms with Crippen LogP contribution in [0.1, 0.15) is 23.9 Å². The largest absolute Gasteiger partial charge is 0.383 e. The zero-order chi connectivity index (χ0) is 17.5. The second kappa shape index (κ2) is 10.4. The van der Waals surface area contributed by atoms with Crippen molar-refractivity contribution in [3.8, 4) is 5.69 Å². The lowest BCUT2D eigenvalue weighted by Gasteiger charge is -2.17. The van der Waals surface area contributed by atoms with E-state index in [0.29, 0.717) is 13.2 Å². The van der Waals surface area contributed by atoms with E-state index in [4.69, 9.17) is 4.74 Å². The van der Waals surface area contributed by atoms with Gasteiger partial charge in [-0.25, -0.2) is 4.68 Å². The number of ether oxygens (including phenoxy) is 1. The van der Waals surface area contributed by atoms with Crippen molar-refractivity contribution in [1.29, 1.82) is 0 Å². The summed E-state index contributed by atoms with van der Waals surface area (Å²) < 4.78 is 7.13. The molecule has 0 fully saturated rings. The minimum atomic E-state index is 0. The molecular weight excluding hydrogens is 429 g/mol. The van der Waals surface area contributed by atoms with Gasteiger partial charge in [-0.05, 0) is 32.9 Å². The molecular formula is C18H28IN5O. The Bertz CT molecular complexity index is 684. The minimum absolute atomic E-state index is 0. The number of aryl methyl sites for hydroxylation is 1. The van der Waals surface area contributed by atoms with Gasteiger partial charge < -0.3 is 15.4 Å². The van der Waals surface area contributed by atoms with Crippen LogP contribution in [-0.4, -0.2) is 42.5 Å². The highest BCUT2D eigenvalue weighted by Crippen LogP contribution is 2.17. The van der Waals surface area contributed by atoms with Gasteiger partial charge in [-0.3, -0.25) is 4.99 Å². The summed E-state index contributed by atoms with van der Waals surface area (Å²) in [6, 6.07) is 10.4. The van der Waals surface area contributed by atoms with Gasteiger partial charge in [0.25, 0.3) is 0 Å². The number of para-hydroxylation sites is 1. The standard InChI is InChI=1S/C18H27N5O.HI/c1-13(12-24-5)21-18(19-4)20-11-17-14(2)22-23(15(17)3)16-9-7-6-8-10-16;/h6-10,13H,11-12H2,1-5H3,(H2,19,20,21);1H. The van der Waals surface area contributed by atoms with Crippen molar-refractivity contribution in [1.82, 2.24) is 20.4 Å². The summed E-state index contributed by atoms with van der Waals surface area (Å²) in [5, 5.41) is 11.3. The lowest BCUT2D eigenvalue weighted by atomic mass is 10.2. The molecule has 1 aromatic heterocycles. The van der Waals surface area contributed by atoms with Gasteiger partial charge in [-0.2, -0.15) is 5.10 Å². The highest BCUT2D eigenvalue weighted by molar-refractivity contribution is 14.0. The molecule has 0 saturated heterocycles. The first kappa shape index (κ1) is 21.4. The number of nitrogens with one attached hydrogen (secondary N) is 2. The summed E-state index contributed by atoms with van der Waals surface area (Å²) in [5.41, 5.74) is 4.40. The van der Waals surface area contributed by atoms with E-state index in [1.54, 1.807) is 14.2 Å². The molecule has 1 heterocycles. The fourth-order valence-electron chi connectivity index (χ4n) is 2.64. The molecule has 0 bridgehead atoms. The van der Waals surface area contributed by atoms with E-state index in [2.05, 4.69) is 46.7 Å². The summed E-state index contributed by atoms with van der Waals surface area (Å²) in [6.45, 7) is 7.48. The second-order valence-corrected chi connectivity index (χ2v) is 5.82. The SMILES string of the molecule is CN=C(NCc1c(C)nn(-c2ccccc2)c1C)NC(C)COC.I. The summed E-state index contributed by atoms with van der Waals surface area (Å²) in [6.07, 6.45) is 0. The Labute approximate surface area is 167 Å². The molecule has 2 N–H and O–H groups in total. The number of hydrogen-bond acceptors (Lipinski definition) is 3.